The summed E-state index contributed by atoms with van der Waals surface area (Å²) < 4.78 is 4.10. The summed E-state index contributed by atoms with van der Waals surface area (Å²) in [5.41, 5.74) is 9.77. The molecule has 1 N–H and O–H groups in total. The van der Waals surface area contributed by atoms with E-state index >= 15 is 0 Å². The highest BCUT2D eigenvalue weighted by molar-refractivity contribution is 5.84. The van der Waals surface area contributed by atoms with E-state index in [9.17, 15) is 0 Å². The molecule has 3 aromatic heterocycles. The van der Waals surface area contributed by atoms with Crippen molar-refractivity contribution in [2.75, 3.05) is 13.1 Å². The van der Waals surface area contributed by atoms with Gasteiger partial charge in [0.15, 0.2) is 5.82 Å². The number of aromatic amines is 1. The molecule has 7 rings (SSSR count). The number of aromatic nitrogens is 7. The van der Waals surface area contributed by atoms with Gasteiger partial charge < -0.3 is 0 Å². The van der Waals surface area contributed by atoms with Crippen molar-refractivity contribution < 1.29 is 0 Å². The average Bonchev–Trinajstić information content (AvgIpc) is 3.38. The van der Waals surface area contributed by atoms with E-state index in [2.05, 4.69) is 70.0 Å². The van der Waals surface area contributed by atoms with Crippen LogP contribution in [0.4, 0.5) is 0 Å². The molecule has 1 aliphatic carbocycles. The Morgan fingerprint density at radius 2 is 1.84 bits per heavy atom. The van der Waals surface area contributed by atoms with E-state index in [1.54, 1.807) is 0 Å². The highest BCUT2D eigenvalue weighted by atomic mass is 15.4. The van der Waals surface area contributed by atoms with Gasteiger partial charge in [0.05, 0.1) is 24.1 Å². The van der Waals surface area contributed by atoms with Gasteiger partial charge in [-0.15, -0.1) is 0 Å². The van der Waals surface area contributed by atoms with Crippen molar-refractivity contribution in [2.24, 2.45) is 7.05 Å². The monoisotopic (exact) mass is 492 g/mol. The van der Waals surface area contributed by atoms with Crippen LogP contribution >= 0.6 is 0 Å². The minimum Gasteiger partial charge on any atom is -0.284 e. The van der Waals surface area contributed by atoms with Crippen molar-refractivity contribution in [3.05, 3.63) is 70.8 Å². The zero-order valence-electron chi connectivity index (χ0n) is 21.7. The first kappa shape index (κ1) is 22.4. The van der Waals surface area contributed by atoms with Gasteiger partial charge in [0.25, 0.3) is 0 Å². The molecule has 1 saturated carbocycles. The summed E-state index contributed by atoms with van der Waals surface area (Å²) in [5, 5.41) is 18.4. The van der Waals surface area contributed by atoms with E-state index in [-0.39, 0.29) is 0 Å². The van der Waals surface area contributed by atoms with Crippen LogP contribution in [-0.2, 0) is 26.6 Å². The molecule has 0 amide bonds. The molecule has 0 atom stereocenters. The number of benzene rings is 2. The van der Waals surface area contributed by atoms with Crippen LogP contribution in [0.25, 0.3) is 33.5 Å². The van der Waals surface area contributed by atoms with Crippen LogP contribution in [0, 0.1) is 6.92 Å². The van der Waals surface area contributed by atoms with E-state index < -0.39 is 0 Å². The Kier molecular flexibility index (Phi) is 5.25. The van der Waals surface area contributed by atoms with Crippen LogP contribution < -0.4 is 0 Å². The van der Waals surface area contributed by atoms with Crippen LogP contribution in [0.2, 0.25) is 0 Å². The van der Waals surface area contributed by atoms with Crippen molar-refractivity contribution >= 4 is 10.9 Å². The standard InChI is InChI=1S/C29H32N8/c1-4-36-14-13-25-18(2)28(33-37(25)17-36)20-7-9-21(10-8-20)29-31-26(35(3)34-29)15-22-11-12-24-23(16-30-32-24)27(22)19-5-6-19/h7-12,16,19H,4-6,13-15,17H2,1-3H3,(H,30,32). The normalized spacial score (nSPS) is 16.0. The van der Waals surface area contributed by atoms with Crippen molar-refractivity contribution in [1.82, 2.24) is 39.6 Å². The lowest BCUT2D eigenvalue weighted by Gasteiger charge is -2.26. The summed E-state index contributed by atoms with van der Waals surface area (Å²) >= 11 is 0. The molecule has 0 radical (unpaired) electrons. The van der Waals surface area contributed by atoms with E-state index in [0.717, 1.165) is 66.6 Å². The summed E-state index contributed by atoms with van der Waals surface area (Å²) in [5.74, 6) is 2.38. The quantitative estimate of drug-likeness (QED) is 0.367. The lowest BCUT2D eigenvalue weighted by atomic mass is 9.96. The number of rotatable bonds is 6. The molecule has 0 spiro atoms. The van der Waals surface area contributed by atoms with E-state index in [1.807, 2.05) is 17.9 Å². The Morgan fingerprint density at radius 1 is 1.03 bits per heavy atom. The van der Waals surface area contributed by atoms with Crippen molar-refractivity contribution in [1.29, 1.82) is 0 Å². The van der Waals surface area contributed by atoms with Gasteiger partial charge in [-0.2, -0.15) is 15.3 Å². The fourth-order valence-electron chi connectivity index (χ4n) is 5.81. The molecule has 188 valence electrons. The van der Waals surface area contributed by atoms with Crippen LogP contribution in [0.15, 0.2) is 42.6 Å². The topological polar surface area (TPSA) is 80.5 Å². The second kappa shape index (κ2) is 8.66. The number of aryl methyl sites for hydroxylation is 1. The Hall–Kier alpha value is -3.78. The maximum absolute atomic E-state index is 4.96. The zero-order valence-corrected chi connectivity index (χ0v) is 21.7. The van der Waals surface area contributed by atoms with Gasteiger partial charge in [0, 0.05) is 48.6 Å². The molecule has 1 aliphatic heterocycles. The van der Waals surface area contributed by atoms with Crippen LogP contribution in [0.3, 0.4) is 0 Å². The lowest BCUT2D eigenvalue weighted by Crippen LogP contribution is -2.34. The second-order valence-electron chi connectivity index (χ2n) is 10.5. The molecule has 1 fully saturated rings. The third kappa shape index (κ3) is 3.87. The molecule has 0 saturated heterocycles. The van der Waals surface area contributed by atoms with E-state index in [1.165, 1.54) is 40.6 Å². The molecular formula is C29H32N8. The first-order chi connectivity index (χ1) is 18.1. The second-order valence-corrected chi connectivity index (χ2v) is 10.5. The summed E-state index contributed by atoms with van der Waals surface area (Å²) in [6.45, 7) is 7.45. The van der Waals surface area contributed by atoms with E-state index in [4.69, 9.17) is 15.2 Å². The highest BCUT2D eigenvalue weighted by Gasteiger charge is 2.29. The first-order valence-electron chi connectivity index (χ1n) is 13.3. The Labute approximate surface area is 216 Å². The molecule has 2 aromatic carbocycles. The zero-order chi connectivity index (χ0) is 25.1. The van der Waals surface area contributed by atoms with Crippen LogP contribution in [0.1, 0.15) is 53.9 Å². The Balaban J connectivity index is 1.16. The molecule has 8 nitrogen and oxygen atoms in total. The third-order valence-electron chi connectivity index (χ3n) is 8.13. The number of nitrogens with zero attached hydrogens (tertiary/aromatic N) is 7. The van der Waals surface area contributed by atoms with Gasteiger partial charge in [-0.3, -0.25) is 19.4 Å². The third-order valence-corrected chi connectivity index (χ3v) is 8.13. The van der Waals surface area contributed by atoms with Gasteiger partial charge >= 0.3 is 0 Å². The molecule has 8 heteroatoms. The maximum atomic E-state index is 4.96. The summed E-state index contributed by atoms with van der Waals surface area (Å²) in [6.07, 6.45) is 6.30. The number of hydrogen-bond acceptors (Lipinski definition) is 5. The minimum absolute atomic E-state index is 0.638. The Bertz CT molecular complexity index is 1600. The number of H-pyrrole nitrogens is 1. The minimum atomic E-state index is 0.638. The van der Waals surface area contributed by atoms with Crippen molar-refractivity contribution in [2.45, 2.75) is 52.1 Å². The lowest BCUT2D eigenvalue weighted by molar-refractivity contribution is 0.191. The predicted octanol–water partition coefficient (Wildman–Crippen LogP) is 4.83. The summed E-state index contributed by atoms with van der Waals surface area (Å²) in [4.78, 5) is 7.39. The van der Waals surface area contributed by atoms with E-state index in [0.29, 0.717) is 5.92 Å². The summed E-state index contributed by atoms with van der Waals surface area (Å²) in [7, 11) is 1.99. The van der Waals surface area contributed by atoms with Gasteiger partial charge in [0.2, 0.25) is 0 Å². The number of hydrogen-bond donors (Lipinski definition) is 1. The average molecular weight is 493 g/mol. The van der Waals surface area contributed by atoms with Gasteiger partial charge in [-0.1, -0.05) is 37.3 Å². The van der Waals surface area contributed by atoms with Gasteiger partial charge in [-0.05, 0) is 55.0 Å². The molecular weight excluding hydrogens is 460 g/mol. The first-order valence-corrected chi connectivity index (χ1v) is 13.3. The molecule has 0 unspecified atom stereocenters. The molecule has 5 aromatic rings. The largest absolute Gasteiger partial charge is 0.284 e. The molecule has 37 heavy (non-hydrogen) atoms. The molecule has 2 aliphatic rings. The maximum Gasteiger partial charge on any atom is 0.181 e. The predicted molar refractivity (Wildman–Crippen MR) is 144 cm³/mol. The summed E-state index contributed by atoms with van der Waals surface area (Å²) in [6, 6.07) is 12.9. The highest BCUT2D eigenvalue weighted by Crippen LogP contribution is 2.45. The number of nitrogens with one attached hydrogen (secondary N) is 1. The number of fused-ring (bicyclic) bond motifs is 2. The molecule has 4 heterocycles. The Morgan fingerprint density at radius 3 is 2.62 bits per heavy atom. The van der Waals surface area contributed by atoms with Gasteiger partial charge in [-0.25, -0.2) is 4.98 Å². The van der Waals surface area contributed by atoms with Crippen molar-refractivity contribution in [3.8, 4) is 22.6 Å². The number of likely N-dealkylation sites (N-methyl/N-ethyl adjacent to an activating group) is 1. The van der Waals surface area contributed by atoms with Crippen LogP contribution in [0.5, 0.6) is 0 Å². The van der Waals surface area contributed by atoms with Gasteiger partial charge in [0.1, 0.15) is 5.82 Å². The smallest absolute Gasteiger partial charge is 0.181 e. The fraction of sp³-hybridized carbons (Fsp3) is 0.379. The fourth-order valence-corrected chi connectivity index (χ4v) is 5.81. The van der Waals surface area contributed by atoms with Crippen LogP contribution in [-0.4, -0.2) is 52.7 Å². The molecule has 0 bridgehead atoms. The van der Waals surface area contributed by atoms with Crippen molar-refractivity contribution in [3.63, 3.8) is 0 Å². The SMILES string of the molecule is CCN1CCc2c(C)c(-c3ccc(-c4nc(Cc5ccc6[nH]ncc6c5C5CC5)n(C)n4)cc3)nn2C1.